The molecule has 0 aromatic heterocycles. The Hall–Kier alpha value is -2.04. The summed E-state index contributed by atoms with van der Waals surface area (Å²) < 4.78 is 5.50. The molecule has 2 rings (SSSR count). The molecule has 1 aliphatic carbocycles. The van der Waals surface area contributed by atoms with Crippen molar-refractivity contribution >= 4 is 11.9 Å². The number of carboxylic acids is 1. The molecule has 1 saturated carbocycles. The van der Waals surface area contributed by atoms with Crippen molar-refractivity contribution in [2.24, 2.45) is 5.92 Å². The van der Waals surface area contributed by atoms with Crippen LogP contribution in [0.3, 0.4) is 0 Å². The third-order valence-corrected chi connectivity index (χ3v) is 4.42. The predicted molar refractivity (Wildman–Crippen MR) is 91.8 cm³/mol. The lowest BCUT2D eigenvalue weighted by atomic mass is 9.99. The van der Waals surface area contributed by atoms with Gasteiger partial charge in [0.05, 0.1) is 6.61 Å². The summed E-state index contributed by atoms with van der Waals surface area (Å²) in [6, 6.07) is 7.57. The van der Waals surface area contributed by atoms with E-state index in [1.54, 1.807) is 0 Å². The standard InChI is InChI=1S/C19H27NO4/c21-18(22)8-5-13-24-17-11-9-15(10-12-17)14-20-19(23)16-6-3-1-2-4-7-16/h9-12,16H,1-8,13-14H2,(H,20,23)(H,21,22). The van der Waals surface area contributed by atoms with Crippen molar-refractivity contribution < 1.29 is 19.4 Å². The van der Waals surface area contributed by atoms with Crippen LogP contribution in [0.2, 0.25) is 0 Å². The third-order valence-electron chi connectivity index (χ3n) is 4.42. The van der Waals surface area contributed by atoms with Gasteiger partial charge in [0.2, 0.25) is 5.91 Å². The van der Waals surface area contributed by atoms with Crippen LogP contribution in [0.15, 0.2) is 24.3 Å². The highest BCUT2D eigenvalue weighted by molar-refractivity contribution is 5.78. The van der Waals surface area contributed by atoms with Crippen LogP contribution < -0.4 is 10.1 Å². The van der Waals surface area contributed by atoms with Gasteiger partial charge >= 0.3 is 5.97 Å². The summed E-state index contributed by atoms with van der Waals surface area (Å²) in [5, 5.41) is 11.6. The van der Waals surface area contributed by atoms with Crippen LogP contribution in [0.5, 0.6) is 5.75 Å². The molecule has 24 heavy (non-hydrogen) atoms. The van der Waals surface area contributed by atoms with E-state index in [0.29, 0.717) is 19.6 Å². The zero-order chi connectivity index (χ0) is 17.2. The Kier molecular flexibility index (Phi) is 7.59. The summed E-state index contributed by atoms with van der Waals surface area (Å²) in [7, 11) is 0. The first-order valence-electron chi connectivity index (χ1n) is 8.86. The molecule has 1 fully saturated rings. The van der Waals surface area contributed by atoms with Crippen molar-refractivity contribution in [3.05, 3.63) is 29.8 Å². The minimum Gasteiger partial charge on any atom is -0.494 e. The Balaban J connectivity index is 1.71. The van der Waals surface area contributed by atoms with Gasteiger partial charge in [0, 0.05) is 18.9 Å². The number of nitrogens with one attached hydrogen (secondary N) is 1. The van der Waals surface area contributed by atoms with Gasteiger partial charge in [0.1, 0.15) is 5.75 Å². The highest BCUT2D eigenvalue weighted by Gasteiger charge is 2.19. The fraction of sp³-hybridized carbons (Fsp3) is 0.579. The second kappa shape index (κ2) is 9.96. The Morgan fingerprint density at radius 2 is 1.75 bits per heavy atom. The van der Waals surface area contributed by atoms with Crippen molar-refractivity contribution in [1.82, 2.24) is 5.32 Å². The van der Waals surface area contributed by atoms with E-state index in [9.17, 15) is 9.59 Å². The molecule has 0 unspecified atom stereocenters. The van der Waals surface area contributed by atoms with Crippen molar-refractivity contribution in [2.75, 3.05) is 6.61 Å². The van der Waals surface area contributed by atoms with Crippen LogP contribution in [-0.4, -0.2) is 23.6 Å². The molecule has 1 aliphatic rings. The van der Waals surface area contributed by atoms with Crippen molar-refractivity contribution in [2.45, 2.75) is 57.9 Å². The van der Waals surface area contributed by atoms with E-state index in [2.05, 4.69) is 5.32 Å². The van der Waals surface area contributed by atoms with E-state index in [-0.39, 0.29) is 18.2 Å². The predicted octanol–water partition coefficient (Wildman–Crippen LogP) is 3.52. The normalized spacial score (nSPS) is 15.5. The summed E-state index contributed by atoms with van der Waals surface area (Å²) in [5.74, 6) is 0.257. The van der Waals surface area contributed by atoms with E-state index in [0.717, 1.165) is 37.0 Å². The summed E-state index contributed by atoms with van der Waals surface area (Å²) in [5.41, 5.74) is 1.04. The highest BCUT2D eigenvalue weighted by Crippen LogP contribution is 2.23. The van der Waals surface area contributed by atoms with Gasteiger partial charge in [-0.05, 0) is 37.0 Å². The summed E-state index contributed by atoms with van der Waals surface area (Å²) in [4.78, 5) is 22.7. The molecular formula is C19H27NO4. The number of carbonyl (C=O) groups excluding carboxylic acids is 1. The maximum Gasteiger partial charge on any atom is 0.303 e. The maximum absolute atomic E-state index is 12.2. The lowest BCUT2D eigenvalue weighted by Gasteiger charge is -2.14. The van der Waals surface area contributed by atoms with Crippen molar-refractivity contribution in [1.29, 1.82) is 0 Å². The molecule has 5 nitrogen and oxygen atoms in total. The van der Waals surface area contributed by atoms with Gasteiger partial charge < -0.3 is 15.2 Å². The van der Waals surface area contributed by atoms with Crippen LogP contribution in [-0.2, 0) is 16.1 Å². The molecule has 0 bridgehead atoms. The van der Waals surface area contributed by atoms with Gasteiger partial charge in [-0.15, -0.1) is 0 Å². The molecule has 1 aromatic rings. The molecule has 5 heteroatoms. The van der Waals surface area contributed by atoms with Gasteiger partial charge in [-0.2, -0.15) is 0 Å². The Morgan fingerprint density at radius 3 is 2.38 bits per heavy atom. The van der Waals surface area contributed by atoms with Crippen LogP contribution in [0.4, 0.5) is 0 Å². The van der Waals surface area contributed by atoms with Gasteiger partial charge in [-0.1, -0.05) is 37.8 Å². The van der Waals surface area contributed by atoms with Crippen molar-refractivity contribution in [3.8, 4) is 5.75 Å². The number of rotatable bonds is 8. The molecule has 0 saturated heterocycles. The highest BCUT2D eigenvalue weighted by atomic mass is 16.5. The molecular weight excluding hydrogens is 306 g/mol. The monoisotopic (exact) mass is 333 g/mol. The third kappa shape index (κ3) is 6.60. The van der Waals surface area contributed by atoms with Crippen LogP contribution in [0.1, 0.15) is 56.9 Å². The number of hydrogen-bond acceptors (Lipinski definition) is 3. The van der Waals surface area contributed by atoms with Gasteiger partial charge in [-0.25, -0.2) is 0 Å². The largest absolute Gasteiger partial charge is 0.494 e. The lowest BCUT2D eigenvalue weighted by Crippen LogP contribution is -2.30. The quantitative estimate of drug-likeness (QED) is 0.564. The van der Waals surface area contributed by atoms with Crippen LogP contribution in [0, 0.1) is 5.92 Å². The van der Waals surface area contributed by atoms with Crippen LogP contribution in [0.25, 0.3) is 0 Å². The van der Waals surface area contributed by atoms with E-state index in [1.165, 1.54) is 12.8 Å². The first-order chi connectivity index (χ1) is 11.6. The molecule has 0 radical (unpaired) electrons. The fourth-order valence-corrected chi connectivity index (χ4v) is 2.99. The lowest BCUT2D eigenvalue weighted by molar-refractivity contribution is -0.137. The number of carboxylic acid groups (broad SMARTS) is 1. The van der Waals surface area contributed by atoms with E-state index in [1.807, 2.05) is 24.3 Å². The van der Waals surface area contributed by atoms with Gasteiger partial charge in [-0.3, -0.25) is 9.59 Å². The fourth-order valence-electron chi connectivity index (χ4n) is 2.99. The smallest absolute Gasteiger partial charge is 0.303 e. The van der Waals surface area contributed by atoms with Crippen LogP contribution >= 0.6 is 0 Å². The molecule has 0 heterocycles. The van der Waals surface area contributed by atoms with E-state index in [4.69, 9.17) is 9.84 Å². The molecule has 0 atom stereocenters. The minimum absolute atomic E-state index is 0.116. The zero-order valence-corrected chi connectivity index (χ0v) is 14.1. The molecule has 2 N–H and O–H groups in total. The summed E-state index contributed by atoms with van der Waals surface area (Å²) in [6.07, 6.45) is 7.44. The maximum atomic E-state index is 12.2. The topological polar surface area (TPSA) is 75.6 Å². The van der Waals surface area contributed by atoms with Gasteiger partial charge in [0.25, 0.3) is 0 Å². The van der Waals surface area contributed by atoms with Crippen molar-refractivity contribution in [3.63, 3.8) is 0 Å². The molecule has 0 aliphatic heterocycles. The number of benzene rings is 1. The average Bonchev–Trinajstić information content (AvgIpc) is 2.87. The first kappa shape index (κ1) is 18.3. The number of amides is 1. The van der Waals surface area contributed by atoms with E-state index < -0.39 is 5.97 Å². The molecule has 1 aromatic carbocycles. The summed E-state index contributed by atoms with van der Waals surface area (Å²) in [6.45, 7) is 0.929. The Labute approximate surface area is 143 Å². The minimum atomic E-state index is -0.807. The number of hydrogen-bond donors (Lipinski definition) is 2. The molecule has 1 amide bonds. The first-order valence-corrected chi connectivity index (χ1v) is 8.86. The average molecular weight is 333 g/mol. The van der Waals surface area contributed by atoms with Gasteiger partial charge in [0.15, 0.2) is 0 Å². The molecule has 132 valence electrons. The SMILES string of the molecule is O=C(O)CCCOc1ccc(CNC(=O)C2CCCCCC2)cc1. The number of ether oxygens (including phenoxy) is 1. The second-order valence-electron chi connectivity index (χ2n) is 6.40. The number of carbonyl (C=O) groups is 2. The Bertz CT molecular complexity index is 519. The summed E-state index contributed by atoms with van der Waals surface area (Å²) >= 11 is 0. The number of aliphatic carboxylic acids is 1. The molecule has 0 spiro atoms. The second-order valence-corrected chi connectivity index (χ2v) is 6.40. The van der Waals surface area contributed by atoms with E-state index >= 15 is 0 Å². The zero-order valence-electron chi connectivity index (χ0n) is 14.1. The Morgan fingerprint density at radius 1 is 1.08 bits per heavy atom.